The van der Waals surface area contributed by atoms with Gasteiger partial charge in [-0.25, -0.2) is 0 Å². The van der Waals surface area contributed by atoms with Crippen LogP contribution in [0.1, 0.15) is 50.7 Å². The van der Waals surface area contributed by atoms with Crippen molar-refractivity contribution in [3.8, 4) is 34.3 Å². The molecule has 0 unspecified atom stereocenters. The Kier molecular flexibility index (Phi) is 9.51. The van der Waals surface area contributed by atoms with Gasteiger partial charge in [-0.05, 0) is 41.3 Å². The van der Waals surface area contributed by atoms with E-state index in [-0.39, 0.29) is 21.1 Å². The van der Waals surface area contributed by atoms with E-state index < -0.39 is 0 Å². The first-order valence-corrected chi connectivity index (χ1v) is 14.6. The maximum atomic E-state index is 6.30. The topological polar surface area (TPSA) is 48.1 Å². The third kappa shape index (κ3) is 6.41. The van der Waals surface area contributed by atoms with Crippen LogP contribution in [0.4, 0.5) is 11.6 Å². The molecule has 0 fully saturated rings. The van der Waals surface area contributed by atoms with E-state index in [9.17, 15) is 0 Å². The van der Waals surface area contributed by atoms with Crippen LogP contribution in [0.5, 0.6) is 11.6 Å². The van der Waals surface area contributed by atoms with E-state index in [1.54, 1.807) is 0 Å². The number of rotatable bonds is 9. The second kappa shape index (κ2) is 13.5. The third-order valence-corrected chi connectivity index (χ3v) is 7.50. The summed E-state index contributed by atoms with van der Waals surface area (Å²) in [4.78, 5) is 11.6. The second-order valence-electron chi connectivity index (χ2n) is 11.2. The molecule has 44 heavy (non-hydrogen) atoms. The standard InChI is InChI=1S/C37H35N5O.Pt/c1-26(2)32-20-13-21-33(27(3)4)36(32)41-23-34(38-25-41)28-14-12-19-31(22-28)43-35-24-42(30-17-10-7-11-18-30)37(39-35)40(5)29-15-8-6-9-16-29;/h6-15,17-21,23-27H,1-5H3;/q-2;+2. The van der Waals surface area contributed by atoms with Crippen molar-refractivity contribution in [3.63, 3.8) is 0 Å². The maximum Gasteiger partial charge on any atom is 2.00 e. The molecule has 0 saturated carbocycles. The van der Waals surface area contributed by atoms with Crippen LogP contribution in [0.15, 0.2) is 110 Å². The van der Waals surface area contributed by atoms with Crippen LogP contribution in [0.25, 0.3) is 22.6 Å². The van der Waals surface area contributed by atoms with Crippen molar-refractivity contribution in [2.45, 2.75) is 39.5 Å². The van der Waals surface area contributed by atoms with E-state index in [4.69, 9.17) is 14.7 Å². The number of para-hydroxylation sites is 3. The number of hydrogen-bond acceptors (Lipinski definition) is 4. The smallest absolute Gasteiger partial charge is 0.458 e. The van der Waals surface area contributed by atoms with E-state index in [1.165, 1.54) is 16.8 Å². The van der Waals surface area contributed by atoms with Crippen molar-refractivity contribution in [2.24, 2.45) is 0 Å². The van der Waals surface area contributed by atoms with Crippen LogP contribution in [-0.2, 0) is 21.1 Å². The van der Waals surface area contributed by atoms with Gasteiger partial charge in [-0.2, -0.15) is 29.2 Å². The minimum atomic E-state index is 0. The van der Waals surface area contributed by atoms with E-state index in [2.05, 4.69) is 68.8 Å². The van der Waals surface area contributed by atoms with Crippen molar-refractivity contribution >= 4 is 11.6 Å². The monoisotopic (exact) mass is 760 g/mol. The zero-order chi connectivity index (χ0) is 29.9. The van der Waals surface area contributed by atoms with Gasteiger partial charge in [0, 0.05) is 24.2 Å². The first-order valence-electron chi connectivity index (χ1n) is 14.6. The molecule has 0 amide bonds. The van der Waals surface area contributed by atoms with Crippen LogP contribution < -0.4 is 9.64 Å². The van der Waals surface area contributed by atoms with Crippen LogP contribution in [-0.4, -0.2) is 26.1 Å². The predicted octanol–water partition coefficient (Wildman–Crippen LogP) is 9.13. The number of aromatic nitrogens is 4. The molecule has 0 aliphatic carbocycles. The summed E-state index contributed by atoms with van der Waals surface area (Å²) >= 11 is 0. The SMILES string of the molecule is CC(C)c1cccc(C(C)C)c1-n1cnc(-c2[c-]c(Oc3cn(-c4ccccc4)c(N(C)c4[c-]cccc4)n3)ccc2)c1.[Pt+2]. The molecule has 0 saturated heterocycles. The molecule has 6 aromatic rings. The number of nitrogens with zero attached hydrogens (tertiary/aromatic N) is 5. The van der Waals surface area contributed by atoms with Gasteiger partial charge in [0.1, 0.15) is 0 Å². The molecule has 4 aromatic carbocycles. The van der Waals surface area contributed by atoms with Gasteiger partial charge in [-0.1, -0.05) is 75.8 Å². The number of benzene rings is 4. The van der Waals surface area contributed by atoms with Crippen LogP contribution in [0.2, 0.25) is 0 Å². The van der Waals surface area contributed by atoms with Gasteiger partial charge in [0.25, 0.3) is 0 Å². The fourth-order valence-corrected chi connectivity index (χ4v) is 5.28. The normalized spacial score (nSPS) is 11.1. The Bertz CT molecular complexity index is 1800. The fourth-order valence-electron chi connectivity index (χ4n) is 5.28. The summed E-state index contributed by atoms with van der Waals surface area (Å²) < 4.78 is 10.5. The number of hydrogen-bond donors (Lipinski definition) is 0. The van der Waals surface area contributed by atoms with Crippen molar-refractivity contribution in [3.05, 3.63) is 133 Å². The molecule has 224 valence electrons. The van der Waals surface area contributed by atoms with Gasteiger partial charge in [0.15, 0.2) is 0 Å². The Morgan fingerprint density at radius 2 is 1.50 bits per heavy atom. The van der Waals surface area contributed by atoms with Crippen molar-refractivity contribution in [1.82, 2.24) is 19.1 Å². The Labute approximate surface area is 274 Å². The number of ether oxygens (including phenoxy) is 1. The Morgan fingerprint density at radius 3 is 2.18 bits per heavy atom. The maximum absolute atomic E-state index is 6.30. The summed E-state index contributed by atoms with van der Waals surface area (Å²) in [7, 11) is 1.97. The molecule has 2 heterocycles. The zero-order valence-corrected chi connectivity index (χ0v) is 27.8. The van der Waals surface area contributed by atoms with Crippen molar-refractivity contribution < 1.29 is 25.8 Å². The fraction of sp³-hybridized carbons (Fsp3) is 0.189. The molecule has 6 rings (SSSR count). The number of imidazole rings is 2. The first-order chi connectivity index (χ1) is 20.9. The summed E-state index contributed by atoms with van der Waals surface area (Å²) in [6.45, 7) is 8.93. The molecule has 0 atom stereocenters. The summed E-state index contributed by atoms with van der Waals surface area (Å²) in [5, 5.41) is 0. The molecule has 0 aliphatic rings. The minimum absolute atomic E-state index is 0. The van der Waals surface area contributed by atoms with Crippen LogP contribution in [0, 0.1) is 12.1 Å². The van der Waals surface area contributed by atoms with Crippen LogP contribution >= 0.6 is 0 Å². The molecule has 7 heteroatoms. The van der Waals surface area contributed by atoms with Gasteiger partial charge in [0.2, 0.25) is 11.8 Å². The van der Waals surface area contributed by atoms with Crippen molar-refractivity contribution in [1.29, 1.82) is 0 Å². The zero-order valence-electron chi connectivity index (χ0n) is 25.5. The Balaban J connectivity index is 0.00000384. The average molecular weight is 761 g/mol. The van der Waals surface area contributed by atoms with E-state index in [0.29, 0.717) is 29.4 Å². The second-order valence-corrected chi connectivity index (χ2v) is 11.2. The molecule has 0 bridgehead atoms. The Hall–Kier alpha value is -4.41. The molecule has 0 radical (unpaired) electrons. The van der Waals surface area contributed by atoms with Crippen molar-refractivity contribution in [2.75, 3.05) is 11.9 Å². The van der Waals surface area contributed by atoms with E-state index >= 15 is 0 Å². The third-order valence-electron chi connectivity index (χ3n) is 7.50. The van der Waals surface area contributed by atoms with Gasteiger partial charge in [-0.3, -0.25) is 9.55 Å². The minimum Gasteiger partial charge on any atom is -0.458 e. The molecule has 6 nitrogen and oxygen atoms in total. The molecule has 0 N–H and O–H groups in total. The number of anilines is 2. The van der Waals surface area contributed by atoms with Gasteiger partial charge in [-0.15, -0.1) is 29.8 Å². The summed E-state index contributed by atoms with van der Waals surface area (Å²) in [5.41, 5.74) is 7.38. The molecule has 0 aliphatic heterocycles. The van der Waals surface area contributed by atoms with E-state index in [0.717, 1.165) is 22.6 Å². The summed E-state index contributed by atoms with van der Waals surface area (Å²) in [6.07, 6.45) is 5.87. The van der Waals surface area contributed by atoms with Gasteiger partial charge >= 0.3 is 21.1 Å². The summed E-state index contributed by atoms with van der Waals surface area (Å²) in [5.74, 6) is 2.52. The van der Waals surface area contributed by atoms with E-state index in [1.807, 2.05) is 102 Å². The quantitative estimate of drug-likeness (QED) is 0.138. The molecular weight excluding hydrogens is 726 g/mol. The Morgan fingerprint density at radius 1 is 0.795 bits per heavy atom. The predicted molar refractivity (Wildman–Crippen MR) is 173 cm³/mol. The van der Waals surface area contributed by atoms with Gasteiger partial charge < -0.3 is 14.2 Å². The molecular formula is C37H35N5OPt. The average Bonchev–Trinajstić information content (AvgIpc) is 3.69. The van der Waals surface area contributed by atoms with Crippen LogP contribution in [0.3, 0.4) is 0 Å². The van der Waals surface area contributed by atoms with Gasteiger partial charge in [0.05, 0.1) is 18.2 Å². The largest absolute Gasteiger partial charge is 2.00 e. The molecule has 2 aromatic heterocycles. The molecule has 0 spiro atoms. The first kappa shape index (κ1) is 31.0. The summed E-state index contributed by atoms with van der Waals surface area (Å²) in [6, 6.07) is 37.1.